The summed E-state index contributed by atoms with van der Waals surface area (Å²) in [6.07, 6.45) is 0.835. The number of anilines is 1. The smallest absolute Gasteiger partial charge is 0.262 e. The maximum Gasteiger partial charge on any atom is 0.262 e. The molecule has 0 saturated carbocycles. The zero-order chi connectivity index (χ0) is 23.3. The van der Waals surface area contributed by atoms with E-state index in [1.54, 1.807) is 28.8 Å². The molecule has 170 valence electrons. The van der Waals surface area contributed by atoms with Crippen LogP contribution in [0.3, 0.4) is 0 Å². The average molecular weight is 476 g/mol. The van der Waals surface area contributed by atoms with Crippen LogP contribution in [0.5, 0.6) is 11.5 Å². The van der Waals surface area contributed by atoms with Gasteiger partial charge < -0.3 is 14.8 Å². The molecule has 0 aliphatic heterocycles. The number of nitrogens with one attached hydrogen (secondary N) is 1. The van der Waals surface area contributed by atoms with Gasteiger partial charge in [0, 0.05) is 18.7 Å². The normalized spacial score (nSPS) is 11.1. The first-order chi connectivity index (χ1) is 15.3. The van der Waals surface area contributed by atoms with E-state index in [4.69, 9.17) is 21.1 Å². The molecule has 7 nitrogen and oxygen atoms in total. The van der Waals surface area contributed by atoms with E-state index < -0.39 is 0 Å². The summed E-state index contributed by atoms with van der Waals surface area (Å²) in [6, 6.07) is 10.4. The van der Waals surface area contributed by atoms with Crippen molar-refractivity contribution in [3.8, 4) is 11.5 Å². The number of hydrogen-bond acceptors (Lipinski definition) is 6. The number of halogens is 1. The molecule has 1 amide bonds. The molecule has 1 heterocycles. The van der Waals surface area contributed by atoms with Crippen LogP contribution in [0.2, 0.25) is 5.02 Å². The first-order valence-electron chi connectivity index (χ1n) is 10.2. The number of fused-ring (bicyclic) bond motifs is 1. The maximum atomic E-state index is 13.0. The van der Waals surface area contributed by atoms with Crippen LogP contribution in [-0.4, -0.2) is 35.4 Å². The summed E-state index contributed by atoms with van der Waals surface area (Å²) in [5, 5.41) is 4.29. The number of ether oxygens (including phenoxy) is 2. The van der Waals surface area contributed by atoms with Crippen LogP contribution < -0.4 is 20.3 Å². The van der Waals surface area contributed by atoms with E-state index in [1.807, 2.05) is 12.1 Å². The van der Waals surface area contributed by atoms with Crippen molar-refractivity contribution in [1.82, 2.24) is 9.55 Å². The van der Waals surface area contributed by atoms with Crippen LogP contribution in [0.15, 0.2) is 46.3 Å². The van der Waals surface area contributed by atoms with E-state index in [1.165, 1.54) is 26.0 Å². The Balaban J connectivity index is 1.83. The van der Waals surface area contributed by atoms with Crippen LogP contribution in [-0.2, 0) is 11.3 Å². The standard InChI is InChI=1S/C23H26ClN3O4S/c1-14(2)9-10-27-22(29)15-7-5-6-8-17(15)26-23(27)32-13-21(28)25-18-12-19(30-3)16(24)11-20(18)31-4/h5-8,11-12,14H,9-10,13H2,1-4H3,(H,25,28). The predicted molar refractivity (Wildman–Crippen MR) is 129 cm³/mol. The third kappa shape index (κ3) is 5.55. The highest BCUT2D eigenvalue weighted by Crippen LogP contribution is 2.36. The second kappa shape index (κ2) is 10.7. The van der Waals surface area contributed by atoms with Crippen molar-refractivity contribution < 1.29 is 14.3 Å². The Morgan fingerprint density at radius 1 is 1.19 bits per heavy atom. The van der Waals surface area contributed by atoms with E-state index in [0.29, 0.717) is 50.7 Å². The molecule has 0 fully saturated rings. The molecule has 9 heteroatoms. The summed E-state index contributed by atoms with van der Waals surface area (Å²) in [5.41, 5.74) is 0.969. The molecule has 2 aromatic carbocycles. The van der Waals surface area contributed by atoms with E-state index in [2.05, 4.69) is 24.1 Å². The number of aromatic nitrogens is 2. The summed E-state index contributed by atoms with van der Waals surface area (Å²) >= 11 is 7.35. The molecule has 3 aromatic rings. The van der Waals surface area contributed by atoms with Gasteiger partial charge in [-0.1, -0.05) is 49.3 Å². The number of amides is 1. The van der Waals surface area contributed by atoms with Crippen LogP contribution in [0.25, 0.3) is 10.9 Å². The topological polar surface area (TPSA) is 82.5 Å². The third-order valence-corrected chi connectivity index (χ3v) is 6.11. The van der Waals surface area contributed by atoms with Crippen LogP contribution in [0.1, 0.15) is 20.3 Å². The Hall–Kier alpha value is -2.71. The number of thioether (sulfide) groups is 1. The van der Waals surface area contributed by atoms with Gasteiger partial charge in [-0.25, -0.2) is 4.98 Å². The van der Waals surface area contributed by atoms with Crippen LogP contribution in [0, 0.1) is 5.92 Å². The Kier molecular flexibility index (Phi) is 8.04. The predicted octanol–water partition coefficient (Wildman–Crippen LogP) is 4.84. The zero-order valence-corrected chi connectivity index (χ0v) is 20.0. The molecule has 0 bridgehead atoms. The first kappa shape index (κ1) is 23.9. The lowest BCUT2D eigenvalue weighted by molar-refractivity contribution is -0.113. The van der Waals surface area contributed by atoms with E-state index >= 15 is 0 Å². The van der Waals surface area contributed by atoms with Crippen molar-refractivity contribution in [3.05, 3.63) is 51.8 Å². The lowest BCUT2D eigenvalue weighted by atomic mass is 10.1. The number of para-hydroxylation sites is 1. The second-order valence-electron chi connectivity index (χ2n) is 7.57. The molecule has 0 spiro atoms. The first-order valence-corrected chi connectivity index (χ1v) is 11.5. The quantitative estimate of drug-likeness (QED) is 0.352. The van der Waals surface area contributed by atoms with Crippen LogP contribution >= 0.6 is 23.4 Å². The number of hydrogen-bond donors (Lipinski definition) is 1. The Bertz CT molecular complexity index is 1180. The molecule has 0 aliphatic carbocycles. The van der Waals surface area contributed by atoms with Crippen LogP contribution in [0.4, 0.5) is 5.69 Å². The van der Waals surface area contributed by atoms with Gasteiger partial charge in [0.25, 0.3) is 5.56 Å². The highest BCUT2D eigenvalue weighted by atomic mass is 35.5. The maximum absolute atomic E-state index is 13.0. The molecule has 0 saturated heterocycles. The number of rotatable bonds is 9. The molecule has 1 aromatic heterocycles. The molecule has 1 N–H and O–H groups in total. The minimum absolute atomic E-state index is 0.0700. The van der Waals surface area contributed by atoms with E-state index in [0.717, 1.165) is 6.42 Å². The molecule has 0 unspecified atom stereocenters. The van der Waals surface area contributed by atoms with Gasteiger partial charge in [-0.15, -0.1) is 0 Å². The lowest BCUT2D eigenvalue weighted by Gasteiger charge is -2.15. The fourth-order valence-corrected chi connectivity index (χ4v) is 4.17. The summed E-state index contributed by atoms with van der Waals surface area (Å²) in [5.74, 6) is 1.08. The fourth-order valence-electron chi connectivity index (χ4n) is 3.12. The number of carbonyl (C=O) groups excluding carboxylic acids is 1. The van der Waals surface area contributed by atoms with Gasteiger partial charge in [0.2, 0.25) is 5.91 Å². The van der Waals surface area contributed by atoms with Crippen molar-refractivity contribution in [1.29, 1.82) is 0 Å². The molecule has 0 radical (unpaired) electrons. The molecule has 0 atom stereocenters. The van der Waals surface area contributed by atoms with Gasteiger partial charge >= 0.3 is 0 Å². The largest absolute Gasteiger partial charge is 0.495 e. The minimum atomic E-state index is -0.268. The lowest BCUT2D eigenvalue weighted by Crippen LogP contribution is -2.25. The van der Waals surface area contributed by atoms with Gasteiger partial charge in [0.05, 0.1) is 41.6 Å². The highest BCUT2D eigenvalue weighted by Gasteiger charge is 2.16. The summed E-state index contributed by atoms with van der Waals surface area (Å²) < 4.78 is 12.2. The Labute approximate surface area is 196 Å². The third-order valence-electron chi connectivity index (χ3n) is 4.84. The number of methoxy groups -OCH3 is 2. The van der Waals surface area contributed by atoms with Gasteiger partial charge in [0.1, 0.15) is 11.5 Å². The molecular weight excluding hydrogens is 450 g/mol. The molecule has 3 rings (SSSR count). The summed E-state index contributed by atoms with van der Waals surface area (Å²) in [6.45, 7) is 4.75. The van der Waals surface area contributed by atoms with Crippen molar-refractivity contribution in [2.45, 2.75) is 32.0 Å². The minimum Gasteiger partial charge on any atom is -0.495 e. The average Bonchev–Trinajstić information content (AvgIpc) is 2.77. The van der Waals surface area contributed by atoms with Crippen molar-refractivity contribution in [2.24, 2.45) is 5.92 Å². The monoisotopic (exact) mass is 475 g/mol. The van der Waals surface area contributed by atoms with Gasteiger partial charge in [-0.05, 0) is 24.5 Å². The zero-order valence-electron chi connectivity index (χ0n) is 18.5. The second-order valence-corrected chi connectivity index (χ2v) is 8.92. The Morgan fingerprint density at radius 3 is 2.59 bits per heavy atom. The fraction of sp³-hybridized carbons (Fsp3) is 0.348. The van der Waals surface area contributed by atoms with E-state index in [9.17, 15) is 9.59 Å². The highest BCUT2D eigenvalue weighted by molar-refractivity contribution is 7.99. The van der Waals surface area contributed by atoms with Gasteiger partial charge in [-0.2, -0.15) is 0 Å². The Morgan fingerprint density at radius 2 is 1.91 bits per heavy atom. The summed E-state index contributed by atoms with van der Waals surface area (Å²) in [7, 11) is 2.99. The molecular formula is C23H26ClN3O4S. The summed E-state index contributed by atoms with van der Waals surface area (Å²) in [4.78, 5) is 30.4. The number of nitrogens with zero attached hydrogens (tertiary/aromatic N) is 2. The molecule has 0 aliphatic rings. The van der Waals surface area contributed by atoms with E-state index in [-0.39, 0.29) is 17.2 Å². The van der Waals surface area contributed by atoms with Gasteiger partial charge in [-0.3, -0.25) is 14.2 Å². The number of benzene rings is 2. The van der Waals surface area contributed by atoms with Crippen molar-refractivity contribution in [2.75, 3.05) is 25.3 Å². The van der Waals surface area contributed by atoms with Gasteiger partial charge in [0.15, 0.2) is 5.16 Å². The van der Waals surface area contributed by atoms with Crippen molar-refractivity contribution >= 4 is 45.9 Å². The SMILES string of the molecule is COc1cc(NC(=O)CSc2nc3ccccc3c(=O)n2CCC(C)C)c(OC)cc1Cl. The molecule has 32 heavy (non-hydrogen) atoms. The number of carbonyl (C=O) groups is 1. The van der Waals surface area contributed by atoms with Crippen molar-refractivity contribution in [3.63, 3.8) is 0 Å².